The summed E-state index contributed by atoms with van der Waals surface area (Å²) in [5.74, 6) is 0.264. The van der Waals surface area contributed by atoms with Crippen molar-refractivity contribution in [3.05, 3.63) is 41.3 Å². The van der Waals surface area contributed by atoms with Crippen LogP contribution in [0.3, 0.4) is 0 Å². The van der Waals surface area contributed by atoms with Gasteiger partial charge in [0, 0.05) is 18.8 Å². The molecule has 0 saturated carbocycles. The number of anilines is 3. The highest BCUT2D eigenvalue weighted by molar-refractivity contribution is 5.62. The van der Waals surface area contributed by atoms with Gasteiger partial charge >= 0.3 is 0 Å². The normalized spacial score (nSPS) is 15.0. The van der Waals surface area contributed by atoms with E-state index in [4.69, 9.17) is 4.74 Å². The third-order valence-electron chi connectivity index (χ3n) is 3.88. The molecule has 0 aliphatic carbocycles. The van der Waals surface area contributed by atoms with Gasteiger partial charge in [0.2, 0.25) is 5.95 Å². The molecule has 2 aromatic rings. The topological polar surface area (TPSA) is 50.3 Å². The Labute approximate surface area is 129 Å². The molecule has 0 spiro atoms. The maximum absolute atomic E-state index is 14.0. The van der Waals surface area contributed by atoms with E-state index < -0.39 is 5.82 Å². The fourth-order valence-electron chi connectivity index (χ4n) is 2.38. The van der Waals surface area contributed by atoms with E-state index in [1.54, 1.807) is 0 Å². The first-order valence-electron chi connectivity index (χ1n) is 7.33. The van der Waals surface area contributed by atoms with Crippen LogP contribution in [0.2, 0.25) is 0 Å². The minimum absolute atomic E-state index is 0.199. The van der Waals surface area contributed by atoms with Crippen LogP contribution in [0, 0.1) is 19.7 Å². The number of hydrogen-bond donors (Lipinski definition) is 1. The zero-order valence-electron chi connectivity index (χ0n) is 12.8. The summed E-state index contributed by atoms with van der Waals surface area (Å²) >= 11 is 0. The average molecular weight is 302 g/mol. The Morgan fingerprint density at radius 1 is 1.23 bits per heavy atom. The Kier molecular flexibility index (Phi) is 4.20. The second-order valence-corrected chi connectivity index (χ2v) is 5.34. The lowest BCUT2D eigenvalue weighted by atomic mass is 10.1. The van der Waals surface area contributed by atoms with Crippen molar-refractivity contribution < 1.29 is 9.13 Å². The molecule has 1 aromatic heterocycles. The smallest absolute Gasteiger partial charge is 0.227 e. The lowest BCUT2D eigenvalue weighted by Crippen LogP contribution is -2.37. The van der Waals surface area contributed by atoms with Crippen LogP contribution in [0.1, 0.15) is 11.1 Å². The van der Waals surface area contributed by atoms with Gasteiger partial charge in [0.05, 0.1) is 19.4 Å². The first kappa shape index (κ1) is 14.7. The molecule has 116 valence electrons. The van der Waals surface area contributed by atoms with Gasteiger partial charge in [-0.25, -0.2) is 9.37 Å². The highest BCUT2D eigenvalue weighted by Crippen LogP contribution is 2.24. The van der Waals surface area contributed by atoms with Gasteiger partial charge in [0.15, 0.2) is 11.6 Å². The largest absolute Gasteiger partial charge is 0.378 e. The molecule has 2 heterocycles. The number of ether oxygens (including phenoxy) is 1. The SMILES string of the molecule is Cc1cccc(Nc2nc(N3CCOCC3)ncc2F)c1C. The summed E-state index contributed by atoms with van der Waals surface area (Å²) in [5, 5.41) is 3.08. The molecule has 3 rings (SSSR count). The summed E-state index contributed by atoms with van der Waals surface area (Å²) in [6.07, 6.45) is 1.21. The van der Waals surface area contributed by atoms with Crippen molar-refractivity contribution in [3.63, 3.8) is 0 Å². The second-order valence-electron chi connectivity index (χ2n) is 5.34. The van der Waals surface area contributed by atoms with Crippen LogP contribution in [0.15, 0.2) is 24.4 Å². The number of rotatable bonds is 3. The van der Waals surface area contributed by atoms with E-state index in [-0.39, 0.29) is 5.82 Å². The third kappa shape index (κ3) is 3.01. The van der Waals surface area contributed by atoms with Crippen LogP contribution in [-0.2, 0) is 4.74 Å². The first-order valence-corrected chi connectivity index (χ1v) is 7.33. The molecule has 1 aromatic carbocycles. The van der Waals surface area contributed by atoms with Crippen molar-refractivity contribution >= 4 is 17.5 Å². The van der Waals surface area contributed by atoms with Crippen LogP contribution in [0.25, 0.3) is 0 Å². The molecule has 1 aliphatic rings. The van der Waals surface area contributed by atoms with Gasteiger partial charge in [-0.15, -0.1) is 0 Å². The third-order valence-corrected chi connectivity index (χ3v) is 3.88. The van der Waals surface area contributed by atoms with Gasteiger partial charge in [0.1, 0.15) is 0 Å². The van der Waals surface area contributed by atoms with Gasteiger partial charge in [-0.2, -0.15) is 4.98 Å². The summed E-state index contributed by atoms with van der Waals surface area (Å²) in [4.78, 5) is 10.4. The molecule has 1 fully saturated rings. The number of aryl methyl sites for hydroxylation is 1. The van der Waals surface area contributed by atoms with Gasteiger partial charge < -0.3 is 15.0 Å². The molecular formula is C16H19FN4O. The molecule has 1 N–H and O–H groups in total. The Morgan fingerprint density at radius 2 is 2.00 bits per heavy atom. The maximum Gasteiger partial charge on any atom is 0.227 e. The molecule has 22 heavy (non-hydrogen) atoms. The van der Waals surface area contributed by atoms with Crippen molar-refractivity contribution in [1.29, 1.82) is 0 Å². The summed E-state index contributed by atoms with van der Waals surface area (Å²) < 4.78 is 19.3. The van der Waals surface area contributed by atoms with Crippen molar-refractivity contribution in [2.75, 3.05) is 36.5 Å². The van der Waals surface area contributed by atoms with Gasteiger partial charge in [0.25, 0.3) is 0 Å². The van der Waals surface area contributed by atoms with E-state index >= 15 is 0 Å². The quantitative estimate of drug-likeness (QED) is 0.945. The maximum atomic E-state index is 14.0. The number of halogens is 1. The minimum Gasteiger partial charge on any atom is -0.378 e. The van der Waals surface area contributed by atoms with Crippen LogP contribution < -0.4 is 10.2 Å². The van der Waals surface area contributed by atoms with Crippen molar-refractivity contribution in [2.24, 2.45) is 0 Å². The molecule has 5 nitrogen and oxygen atoms in total. The zero-order chi connectivity index (χ0) is 15.5. The summed E-state index contributed by atoms with van der Waals surface area (Å²) in [7, 11) is 0. The summed E-state index contributed by atoms with van der Waals surface area (Å²) in [6, 6.07) is 5.88. The van der Waals surface area contributed by atoms with Crippen LogP contribution >= 0.6 is 0 Å². The van der Waals surface area contributed by atoms with Crippen molar-refractivity contribution in [2.45, 2.75) is 13.8 Å². The molecule has 1 aliphatic heterocycles. The predicted octanol–water partition coefficient (Wildman–Crippen LogP) is 2.81. The Balaban J connectivity index is 1.88. The number of nitrogens with zero attached hydrogens (tertiary/aromatic N) is 3. The molecule has 0 bridgehead atoms. The molecule has 0 unspecified atom stereocenters. The van der Waals surface area contributed by atoms with E-state index in [1.165, 1.54) is 6.20 Å². The summed E-state index contributed by atoms with van der Waals surface area (Å²) in [5.41, 5.74) is 3.08. The van der Waals surface area contributed by atoms with Crippen molar-refractivity contribution in [3.8, 4) is 0 Å². The Hall–Kier alpha value is -2.21. The second kappa shape index (κ2) is 6.27. The van der Waals surface area contributed by atoms with Gasteiger partial charge in [-0.3, -0.25) is 0 Å². The first-order chi connectivity index (χ1) is 10.6. The molecule has 0 amide bonds. The Morgan fingerprint density at radius 3 is 2.77 bits per heavy atom. The van der Waals surface area contributed by atoms with E-state index in [1.807, 2.05) is 36.9 Å². The number of nitrogens with one attached hydrogen (secondary N) is 1. The number of morpholine rings is 1. The highest BCUT2D eigenvalue weighted by Gasteiger charge is 2.16. The number of aromatic nitrogens is 2. The highest BCUT2D eigenvalue weighted by atomic mass is 19.1. The van der Waals surface area contributed by atoms with Crippen LogP contribution in [-0.4, -0.2) is 36.3 Å². The molecule has 0 atom stereocenters. The minimum atomic E-state index is -0.460. The zero-order valence-corrected chi connectivity index (χ0v) is 12.8. The lowest BCUT2D eigenvalue weighted by molar-refractivity contribution is 0.122. The fraction of sp³-hybridized carbons (Fsp3) is 0.375. The van der Waals surface area contributed by atoms with E-state index in [9.17, 15) is 4.39 Å². The van der Waals surface area contributed by atoms with E-state index in [0.717, 1.165) is 16.8 Å². The number of hydrogen-bond acceptors (Lipinski definition) is 5. The monoisotopic (exact) mass is 302 g/mol. The Bertz CT molecular complexity index is 671. The fourth-order valence-corrected chi connectivity index (χ4v) is 2.38. The molecular weight excluding hydrogens is 283 g/mol. The molecule has 1 saturated heterocycles. The predicted molar refractivity (Wildman–Crippen MR) is 84.2 cm³/mol. The average Bonchev–Trinajstić information content (AvgIpc) is 2.54. The molecule has 6 heteroatoms. The van der Waals surface area contributed by atoms with Crippen molar-refractivity contribution in [1.82, 2.24) is 9.97 Å². The lowest BCUT2D eigenvalue weighted by Gasteiger charge is -2.27. The molecule has 0 radical (unpaired) electrons. The standard InChI is InChI=1S/C16H19FN4O/c1-11-4-3-5-14(12(11)2)19-15-13(17)10-18-16(20-15)21-6-8-22-9-7-21/h3-5,10H,6-9H2,1-2H3,(H,18,19,20). The number of benzene rings is 1. The van der Waals surface area contributed by atoms with Gasteiger partial charge in [-0.05, 0) is 31.0 Å². The van der Waals surface area contributed by atoms with Crippen LogP contribution in [0.4, 0.5) is 21.8 Å². The van der Waals surface area contributed by atoms with E-state index in [2.05, 4.69) is 15.3 Å². The van der Waals surface area contributed by atoms with Crippen LogP contribution in [0.5, 0.6) is 0 Å². The summed E-state index contributed by atoms with van der Waals surface area (Å²) in [6.45, 7) is 6.74. The van der Waals surface area contributed by atoms with Gasteiger partial charge in [-0.1, -0.05) is 12.1 Å². The van der Waals surface area contributed by atoms with E-state index in [0.29, 0.717) is 32.3 Å².